The number of aromatic nitrogens is 1. The van der Waals surface area contributed by atoms with Crippen LogP contribution in [0.3, 0.4) is 0 Å². The third-order valence-corrected chi connectivity index (χ3v) is 2.64. The molecule has 6 nitrogen and oxygen atoms in total. The molecule has 0 spiro atoms. The van der Waals surface area contributed by atoms with Crippen LogP contribution in [0.1, 0.15) is 13.8 Å². The van der Waals surface area contributed by atoms with Gasteiger partial charge < -0.3 is 19.7 Å². The van der Waals surface area contributed by atoms with E-state index in [0.29, 0.717) is 25.5 Å². The van der Waals surface area contributed by atoms with Gasteiger partial charge in [-0.15, -0.1) is 0 Å². The molecule has 6 heteroatoms. The molecule has 1 aromatic heterocycles. The standard InChI is InChI=1S/C14H23N3O3/c1-5-19-8-9-20-11(2)14(18)16-12-6-7-13(15-10-12)17(3)4/h6-7,10-11H,5,8-9H2,1-4H3,(H,16,18)/t11-/m0/s1. The minimum Gasteiger partial charge on any atom is -0.379 e. The molecule has 0 aliphatic heterocycles. The van der Waals surface area contributed by atoms with Gasteiger partial charge in [-0.05, 0) is 26.0 Å². The highest BCUT2D eigenvalue weighted by atomic mass is 16.5. The predicted molar refractivity (Wildman–Crippen MR) is 79.1 cm³/mol. The quantitative estimate of drug-likeness (QED) is 0.732. The molecule has 1 rings (SSSR count). The van der Waals surface area contributed by atoms with E-state index in [4.69, 9.17) is 9.47 Å². The van der Waals surface area contributed by atoms with Crippen LogP contribution in [0.4, 0.5) is 11.5 Å². The van der Waals surface area contributed by atoms with E-state index in [0.717, 1.165) is 5.82 Å². The van der Waals surface area contributed by atoms with Crippen LogP contribution in [-0.4, -0.2) is 50.9 Å². The molecule has 0 aliphatic rings. The van der Waals surface area contributed by atoms with Gasteiger partial charge in [0.15, 0.2) is 0 Å². The first-order chi connectivity index (χ1) is 9.54. The Hall–Kier alpha value is -1.66. The molecule has 0 saturated heterocycles. The highest BCUT2D eigenvalue weighted by Gasteiger charge is 2.13. The Kier molecular flexibility index (Phi) is 6.97. The van der Waals surface area contributed by atoms with Crippen LogP contribution in [0.2, 0.25) is 0 Å². The first-order valence-electron chi connectivity index (χ1n) is 6.68. The number of hydrogen-bond donors (Lipinski definition) is 1. The molecule has 1 amide bonds. The molecule has 112 valence electrons. The maximum absolute atomic E-state index is 11.9. The number of amides is 1. The highest BCUT2D eigenvalue weighted by molar-refractivity contribution is 5.93. The lowest BCUT2D eigenvalue weighted by Gasteiger charge is -2.14. The molecule has 0 unspecified atom stereocenters. The zero-order valence-corrected chi connectivity index (χ0v) is 12.5. The van der Waals surface area contributed by atoms with E-state index in [2.05, 4.69) is 10.3 Å². The van der Waals surface area contributed by atoms with Crippen molar-refractivity contribution >= 4 is 17.4 Å². The molecular weight excluding hydrogens is 258 g/mol. The Bertz CT molecular complexity index is 407. The summed E-state index contributed by atoms with van der Waals surface area (Å²) >= 11 is 0. The van der Waals surface area contributed by atoms with Gasteiger partial charge in [0.05, 0.1) is 25.1 Å². The van der Waals surface area contributed by atoms with Crippen molar-refractivity contribution in [3.8, 4) is 0 Å². The van der Waals surface area contributed by atoms with Gasteiger partial charge in [0.25, 0.3) is 5.91 Å². The third kappa shape index (κ3) is 5.54. The summed E-state index contributed by atoms with van der Waals surface area (Å²) in [5, 5.41) is 2.76. The maximum atomic E-state index is 11.9. The van der Waals surface area contributed by atoms with Gasteiger partial charge in [0, 0.05) is 20.7 Å². The van der Waals surface area contributed by atoms with Gasteiger partial charge in [-0.3, -0.25) is 4.79 Å². The normalized spacial score (nSPS) is 12.0. The second kappa shape index (κ2) is 8.50. The van der Waals surface area contributed by atoms with Crippen LogP contribution >= 0.6 is 0 Å². The summed E-state index contributed by atoms with van der Waals surface area (Å²) in [6, 6.07) is 3.66. The summed E-state index contributed by atoms with van der Waals surface area (Å²) in [6.45, 7) is 5.17. The number of anilines is 2. The summed E-state index contributed by atoms with van der Waals surface area (Å²) in [6.07, 6.45) is 1.10. The Labute approximate surface area is 120 Å². The fourth-order valence-corrected chi connectivity index (χ4v) is 1.47. The largest absolute Gasteiger partial charge is 0.379 e. The monoisotopic (exact) mass is 281 g/mol. The van der Waals surface area contributed by atoms with E-state index in [-0.39, 0.29) is 5.91 Å². The molecule has 0 fully saturated rings. The number of carbonyl (C=O) groups excluding carboxylic acids is 1. The third-order valence-electron chi connectivity index (χ3n) is 2.64. The number of ether oxygens (including phenoxy) is 2. The topological polar surface area (TPSA) is 63.7 Å². The second-order valence-electron chi connectivity index (χ2n) is 4.50. The first kappa shape index (κ1) is 16.4. The smallest absolute Gasteiger partial charge is 0.253 e. The lowest BCUT2D eigenvalue weighted by atomic mass is 10.3. The molecular formula is C14H23N3O3. The molecule has 20 heavy (non-hydrogen) atoms. The van der Waals surface area contributed by atoms with E-state index in [1.807, 2.05) is 38.1 Å². The Balaban J connectivity index is 2.40. The Morgan fingerprint density at radius 1 is 1.40 bits per heavy atom. The van der Waals surface area contributed by atoms with E-state index < -0.39 is 6.10 Å². The zero-order chi connectivity index (χ0) is 15.0. The number of nitrogens with one attached hydrogen (secondary N) is 1. The number of nitrogens with zero attached hydrogens (tertiary/aromatic N) is 2. The van der Waals surface area contributed by atoms with Crippen molar-refractivity contribution in [2.75, 3.05) is 44.1 Å². The average molecular weight is 281 g/mol. The summed E-state index contributed by atoms with van der Waals surface area (Å²) in [5.74, 6) is 0.643. The Morgan fingerprint density at radius 2 is 2.15 bits per heavy atom. The lowest BCUT2D eigenvalue weighted by Crippen LogP contribution is -2.29. The van der Waals surface area contributed by atoms with Crippen LogP contribution in [0.25, 0.3) is 0 Å². The molecule has 0 aromatic carbocycles. The maximum Gasteiger partial charge on any atom is 0.253 e. The lowest BCUT2D eigenvalue weighted by molar-refractivity contribution is -0.127. The van der Waals surface area contributed by atoms with Crippen LogP contribution in [0.5, 0.6) is 0 Å². The SMILES string of the molecule is CCOCCO[C@@H](C)C(=O)Nc1ccc(N(C)C)nc1. The summed E-state index contributed by atoms with van der Waals surface area (Å²) in [5.41, 5.74) is 0.654. The van der Waals surface area contributed by atoms with Crippen LogP contribution in [0, 0.1) is 0 Å². The first-order valence-corrected chi connectivity index (χ1v) is 6.68. The van der Waals surface area contributed by atoms with Crippen molar-refractivity contribution in [3.05, 3.63) is 18.3 Å². The van der Waals surface area contributed by atoms with Gasteiger partial charge in [-0.2, -0.15) is 0 Å². The minimum atomic E-state index is -0.524. The molecule has 0 aliphatic carbocycles. The minimum absolute atomic E-state index is 0.194. The number of rotatable bonds is 8. The summed E-state index contributed by atoms with van der Waals surface area (Å²) < 4.78 is 10.5. The zero-order valence-electron chi connectivity index (χ0n) is 12.5. The predicted octanol–water partition coefficient (Wildman–Crippen LogP) is 1.53. The van der Waals surface area contributed by atoms with Crippen molar-refractivity contribution in [2.24, 2.45) is 0 Å². The van der Waals surface area contributed by atoms with Crippen molar-refractivity contribution < 1.29 is 14.3 Å². The van der Waals surface area contributed by atoms with E-state index in [1.165, 1.54) is 0 Å². The van der Waals surface area contributed by atoms with Crippen molar-refractivity contribution in [2.45, 2.75) is 20.0 Å². The molecule has 1 heterocycles. The van der Waals surface area contributed by atoms with Crippen LogP contribution in [-0.2, 0) is 14.3 Å². The van der Waals surface area contributed by atoms with E-state index in [1.54, 1.807) is 13.1 Å². The summed E-state index contributed by atoms with van der Waals surface area (Å²) in [4.78, 5) is 18.0. The van der Waals surface area contributed by atoms with Crippen molar-refractivity contribution in [1.29, 1.82) is 0 Å². The van der Waals surface area contributed by atoms with Crippen molar-refractivity contribution in [3.63, 3.8) is 0 Å². The van der Waals surface area contributed by atoms with Crippen LogP contribution in [0.15, 0.2) is 18.3 Å². The molecule has 0 saturated carbocycles. The van der Waals surface area contributed by atoms with Gasteiger partial charge >= 0.3 is 0 Å². The van der Waals surface area contributed by atoms with Crippen LogP contribution < -0.4 is 10.2 Å². The second-order valence-corrected chi connectivity index (χ2v) is 4.50. The molecule has 1 aromatic rings. The number of pyridine rings is 1. The molecule has 0 radical (unpaired) electrons. The summed E-state index contributed by atoms with van der Waals surface area (Å²) in [7, 11) is 3.82. The number of carbonyl (C=O) groups is 1. The van der Waals surface area contributed by atoms with Gasteiger partial charge in [-0.1, -0.05) is 0 Å². The number of hydrogen-bond acceptors (Lipinski definition) is 5. The highest BCUT2D eigenvalue weighted by Crippen LogP contribution is 2.12. The molecule has 0 bridgehead atoms. The fraction of sp³-hybridized carbons (Fsp3) is 0.571. The molecule has 1 atom stereocenters. The average Bonchev–Trinajstić information content (AvgIpc) is 2.44. The fourth-order valence-electron chi connectivity index (χ4n) is 1.47. The van der Waals surface area contributed by atoms with Crippen molar-refractivity contribution in [1.82, 2.24) is 4.98 Å². The van der Waals surface area contributed by atoms with Gasteiger partial charge in [0.2, 0.25) is 0 Å². The Morgan fingerprint density at radius 3 is 2.70 bits per heavy atom. The molecule has 1 N–H and O–H groups in total. The van der Waals surface area contributed by atoms with Gasteiger partial charge in [-0.25, -0.2) is 4.98 Å². The van der Waals surface area contributed by atoms with E-state index in [9.17, 15) is 4.79 Å². The van der Waals surface area contributed by atoms with Gasteiger partial charge in [0.1, 0.15) is 11.9 Å². The van der Waals surface area contributed by atoms with E-state index >= 15 is 0 Å².